The number of aliphatic hydroxyl groups excluding tert-OH is 3. The van der Waals surface area contributed by atoms with Crippen LogP contribution in [0.1, 0.15) is 79.6 Å². The molecule has 0 aromatic rings. The van der Waals surface area contributed by atoms with Gasteiger partial charge in [-0.3, -0.25) is 48.1 Å². The molecule has 0 bridgehead atoms. The fourth-order valence-corrected chi connectivity index (χ4v) is 5.33. The molecule has 9 amide bonds. The molecule has 0 aliphatic carbocycles. The summed E-state index contributed by atoms with van der Waals surface area (Å²) in [4.78, 5) is 130. The number of primary amides is 1. The first kappa shape index (κ1) is 55.8. The molecule has 0 unspecified atom stereocenters. The molecule has 0 aromatic carbocycles. The Morgan fingerprint density at radius 3 is 1.68 bits per heavy atom. The highest BCUT2D eigenvalue weighted by atomic mass is 16.3. The predicted octanol–water partition coefficient (Wildman–Crippen LogP) is -6.45. The van der Waals surface area contributed by atoms with E-state index in [2.05, 4.69) is 47.5 Å². The molecule has 0 saturated carbocycles. The van der Waals surface area contributed by atoms with Gasteiger partial charge in [0.2, 0.25) is 53.2 Å². The zero-order valence-corrected chi connectivity index (χ0v) is 35.6. The smallest absolute Gasteiger partial charge is 0.245 e. The zero-order valence-electron chi connectivity index (χ0n) is 35.6. The van der Waals surface area contributed by atoms with Gasteiger partial charge >= 0.3 is 0 Å². The highest BCUT2D eigenvalue weighted by Crippen LogP contribution is 2.07. The van der Waals surface area contributed by atoms with Gasteiger partial charge in [-0.1, -0.05) is 6.08 Å². The lowest BCUT2D eigenvalue weighted by Gasteiger charge is -2.27. The van der Waals surface area contributed by atoms with Gasteiger partial charge in [0.1, 0.15) is 48.6 Å². The molecule has 350 valence electrons. The van der Waals surface area contributed by atoms with Crippen LogP contribution in [0.3, 0.4) is 0 Å². The van der Waals surface area contributed by atoms with E-state index in [0.717, 1.165) is 6.92 Å². The van der Waals surface area contributed by atoms with Gasteiger partial charge in [0.15, 0.2) is 5.96 Å². The maximum absolute atomic E-state index is 13.8. The number of hydrogen-bond acceptors (Lipinski definition) is 14. The van der Waals surface area contributed by atoms with Gasteiger partial charge in [-0.25, -0.2) is 0 Å². The van der Waals surface area contributed by atoms with Crippen molar-refractivity contribution in [3.63, 3.8) is 0 Å². The van der Waals surface area contributed by atoms with Crippen molar-refractivity contribution in [2.24, 2.45) is 22.2 Å². The second kappa shape index (κ2) is 29.9. The van der Waals surface area contributed by atoms with Crippen molar-refractivity contribution in [2.45, 2.75) is 134 Å². The highest BCUT2D eigenvalue weighted by Gasteiger charge is 2.34. The summed E-state index contributed by atoms with van der Waals surface area (Å²) in [5.74, 6) is -7.84. The van der Waals surface area contributed by atoms with E-state index >= 15 is 0 Å². The minimum absolute atomic E-state index is 0.00729. The standard InChI is InChI=1S/C37H64N12O13/c1-6-10-29(56)41-15-8-7-11-23(33(59)48-27(18-51)35(61)47-26(17-50)20(3)52)46-32(58)24(12-9-16-42-37(39)40)45-31(57)19(2)43-36(62)30(21(4)53)49-34(60)25(44-22(5)54)13-14-28(38)55/h6,10,17,19-21,23-27,30,51-53H,7-9,11-16,18H2,1-5H3,(H2,38,55)(H,41,56)(H,43,62)(H,44,54)(H,45,57)(H,46,58)(H,47,61)(H,48,59)(H,49,60)(H4,39,40,42)/b10-6+/t19-,20+,21+,23-,24-,25-,26+,27-,30-/m0/s1. The third-order valence-corrected chi connectivity index (χ3v) is 8.73. The number of carbonyl (C=O) groups is 10. The topological polar surface area (TPSA) is 418 Å². The molecule has 0 aromatic heterocycles. The molecule has 0 aliphatic rings. The number of amides is 9. The molecule has 0 saturated heterocycles. The molecular weight excluding hydrogens is 820 g/mol. The summed E-state index contributed by atoms with van der Waals surface area (Å²) in [5, 5.41) is 49.1. The fraction of sp³-hybridized carbons (Fsp3) is 0.649. The lowest BCUT2D eigenvalue weighted by molar-refractivity contribution is -0.136. The Bertz CT molecular complexity index is 1600. The first-order valence-corrected chi connectivity index (χ1v) is 19.8. The van der Waals surface area contributed by atoms with Crippen LogP contribution >= 0.6 is 0 Å². The summed E-state index contributed by atoms with van der Waals surface area (Å²) >= 11 is 0. The van der Waals surface area contributed by atoms with Crippen molar-refractivity contribution < 1.29 is 63.3 Å². The molecule has 25 heteroatoms. The maximum Gasteiger partial charge on any atom is 0.245 e. The van der Waals surface area contributed by atoms with Crippen LogP contribution in [0.5, 0.6) is 0 Å². The molecule has 0 aliphatic heterocycles. The van der Waals surface area contributed by atoms with E-state index < -0.39 is 108 Å². The number of guanidine groups is 1. The van der Waals surface area contributed by atoms with E-state index in [-0.39, 0.29) is 69.8 Å². The number of rotatable bonds is 30. The highest BCUT2D eigenvalue weighted by molar-refractivity contribution is 5.97. The molecule has 62 heavy (non-hydrogen) atoms. The molecule has 0 heterocycles. The number of aliphatic hydroxyl groups is 3. The molecule has 0 radical (unpaired) electrons. The van der Waals surface area contributed by atoms with Crippen LogP contribution in [-0.2, 0) is 47.9 Å². The van der Waals surface area contributed by atoms with E-state index in [0.29, 0.717) is 6.42 Å². The summed E-state index contributed by atoms with van der Waals surface area (Å²) in [7, 11) is 0. The van der Waals surface area contributed by atoms with Crippen LogP contribution in [0.4, 0.5) is 0 Å². The van der Waals surface area contributed by atoms with Crippen molar-refractivity contribution in [3.05, 3.63) is 12.2 Å². The first-order chi connectivity index (χ1) is 29.1. The number of nitrogens with one attached hydrogen (secondary N) is 8. The van der Waals surface area contributed by atoms with Gasteiger partial charge in [-0.2, -0.15) is 0 Å². The summed E-state index contributed by atoms with van der Waals surface area (Å²) in [6, 6.07) is -10.2. The lowest BCUT2D eigenvalue weighted by atomic mass is 10.0. The Morgan fingerprint density at radius 2 is 1.18 bits per heavy atom. The molecule has 17 N–H and O–H groups in total. The van der Waals surface area contributed by atoms with Gasteiger partial charge in [0.05, 0.1) is 18.8 Å². The summed E-state index contributed by atoms with van der Waals surface area (Å²) in [6.07, 6.45) is 0.190. The van der Waals surface area contributed by atoms with Crippen LogP contribution in [0.15, 0.2) is 17.1 Å². The maximum atomic E-state index is 13.8. The van der Waals surface area contributed by atoms with Gasteiger partial charge in [-0.15, -0.1) is 0 Å². The molecule has 0 fully saturated rings. The third kappa shape index (κ3) is 23.0. The van der Waals surface area contributed by atoms with Gasteiger partial charge in [0, 0.05) is 26.4 Å². The molecule has 25 nitrogen and oxygen atoms in total. The van der Waals surface area contributed by atoms with Crippen LogP contribution in [-0.4, -0.2) is 155 Å². The van der Waals surface area contributed by atoms with E-state index in [1.54, 1.807) is 6.92 Å². The van der Waals surface area contributed by atoms with Crippen molar-refractivity contribution in [3.8, 4) is 0 Å². The van der Waals surface area contributed by atoms with Gasteiger partial charge in [0.25, 0.3) is 0 Å². The van der Waals surface area contributed by atoms with Crippen LogP contribution in [0.2, 0.25) is 0 Å². The minimum Gasteiger partial charge on any atom is -0.394 e. The van der Waals surface area contributed by atoms with Crippen LogP contribution in [0, 0.1) is 0 Å². The number of allylic oxidation sites excluding steroid dienone is 1. The quantitative estimate of drug-likeness (QED) is 0.0105. The second-order valence-electron chi connectivity index (χ2n) is 14.2. The average molecular weight is 885 g/mol. The fourth-order valence-electron chi connectivity index (χ4n) is 5.33. The lowest BCUT2D eigenvalue weighted by Crippen LogP contribution is -2.61. The van der Waals surface area contributed by atoms with Crippen molar-refractivity contribution >= 4 is 65.4 Å². The number of aldehydes is 1. The van der Waals surface area contributed by atoms with Crippen molar-refractivity contribution in [1.29, 1.82) is 0 Å². The number of hydrogen-bond donors (Lipinski definition) is 14. The summed E-state index contributed by atoms with van der Waals surface area (Å²) < 4.78 is 0. The van der Waals surface area contributed by atoms with E-state index in [9.17, 15) is 63.3 Å². The Hall–Kier alpha value is -6.21. The Morgan fingerprint density at radius 1 is 0.645 bits per heavy atom. The monoisotopic (exact) mass is 884 g/mol. The van der Waals surface area contributed by atoms with E-state index in [1.165, 1.54) is 32.9 Å². The van der Waals surface area contributed by atoms with E-state index in [1.807, 2.05) is 0 Å². The van der Waals surface area contributed by atoms with Gasteiger partial charge in [-0.05, 0) is 72.3 Å². The normalized spacial score (nSPS) is 15.3. The average Bonchev–Trinajstić information content (AvgIpc) is 3.18. The molecular formula is C37H64N12O13. The second-order valence-corrected chi connectivity index (χ2v) is 14.2. The molecule has 0 rings (SSSR count). The minimum atomic E-state index is -1.67. The SMILES string of the molecule is C/C=C/C(=O)NCCCC[C@H](NC(=O)[C@H](CCCN=C(N)N)NC(=O)[C@H](C)NC(=O)[C@@H](NC(=O)[C@H](CCC(N)=O)NC(C)=O)[C@@H](C)O)C(=O)N[C@@H](CO)C(=O)N[C@H](C=O)[C@@H](C)O. The molecule has 9 atom stereocenters. The van der Waals surface area contributed by atoms with Gasteiger partial charge < -0.3 is 79.8 Å². The summed E-state index contributed by atoms with van der Waals surface area (Å²) in [5.41, 5.74) is 16.0. The Balaban J connectivity index is 6.33. The van der Waals surface area contributed by atoms with Crippen molar-refractivity contribution in [2.75, 3.05) is 19.7 Å². The van der Waals surface area contributed by atoms with Crippen LogP contribution in [0.25, 0.3) is 0 Å². The Kier molecular flexibility index (Phi) is 26.9. The first-order valence-electron chi connectivity index (χ1n) is 19.8. The van der Waals surface area contributed by atoms with Crippen molar-refractivity contribution in [1.82, 2.24) is 42.5 Å². The summed E-state index contributed by atoms with van der Waals surface area (Å²) in [6.45, 7) is 5.65. The number of unbranched alkanes of at least 4 members (excludes halogenated alkanes) is 1. The predicted molar refractivity (Wildman–Crippen MR) is 221 cm³/mol. The molecule has 0 spiro atoms. The largest absolute Gasteiger partial charge is 0.394 e. The number of aliphatic imine (C=N–C) groups is 1. The Labute approximate surface area is 358 Å². The third-order valence-electron chi connectivity index (χ3n) is 8.73. The number of carbonyl (C=O) groups excluding carboxylic acids is 10. The number of nitrogens with two attached hydrogens (primary N) is 3. The van der Waals surface area contributed by atoms with Crippen LogP contribution < -0.4 is 59.7 Å². The van der Waals surface area contributed by atoms with E-state index in [4.69, 9.17) is 17.2 Å². The number of nitrogens with zero attached hydrogens (tertiary/aromatic N) is 1. The zero-order chi connectivity index (χ0) is 47.5.